The van der Waals surface area contributed by atoms with Gasteiger partial charge in [0.05, 0.1) is 12.6 Å². The van der Waals surface area contributed by atoms with Gasteiger partial charge >= 0.3 is 0 Å². The van der Waals surface area contributed by atoms with Crippen LogP contribution in [0.5, 0.6) is 0 Å². The molecule has 5 rings (SSSR count). The third-order valence-electron chi connectivity index (χ3n) is 5.48. The lowest BCUT2D eigenvalue weighted by Crippen LogP contribution is -2.35. The molecule has 1 aliphatic rings. The number of aryl methyl sites for hydroxylation is 1. The Balaban J connectivity index is 1.41. The first-order valence-corrected chi connectivity index (χ1v) is 10.1. The molecule has 154 valence electrons. The zero-order valence-electron chi connectivity index (χ0n) is 17.0. The van der Waals surface area contributed by atoms with Gasteiger partial charge in [-0.2, -0.15) is 5.26 Å². The normalized spacial score (nSPS) is 13.1. The van der Waals surface area contributed by atoms with Crippen LogP contribution in [0.1, 0.15) is 23.3 Å². The fourth-order valence-corrected chi connectivity index (χ4v) is 3.84. The van der Waals surface area contributed by atoms with Gasteiger partial charge in [-0.25, -0.2) is 9.97 Å². The summed E-state index contributed by atoms with van der Waals surface area (Å²) in [6.45, 7) is 2.90. The topological polar surface area (TPSA) is 111 Å². The number of furan rings is 1. The SMILES string of the molecule is Cc1cnc(Nc2ccc3[nH]ccc3c2)nc1-c1cc2c(o1)CN(C(=O)CC#N)CC2. The molecule has 0 unspecified atom stereocenters. The molecule has 0 bridgehead atoms. The van der Waals surface area contributed by atoms with Crippen LogP contribution in [-0.2, 0) is 17.8 Å². The number of aromatic amines is 1. The molecule has 1 amide bonds. The molecule has 0 aliphatic carbocycles. The molecular formula is C23H20N6O2. The van der Waals surface area contributed by atoms with Crippen molar-refractivity contribution in [2.75, 3.05) is 11.9 Å². The van der Waals surface area contributed by atoms with Gasteiger partial charge in [0, 0.05) is 35.5 Å². The van der Waals surface area contributed by atoms with Gasteiger partial charge in [-0.05, 0) is 54.8 Å². The van der Waals surface area contributed by atoms with Crippen LogP contribution in [0.4, 0.5) is 11.6 Å². The van der Waals surface area contributed by atoms with E-state index in [4.69, 9.17) is 9.68 Å². The molecule has 3 aromatic heterocycles. The van der Waals surface area contributed by atoms with Crippen molar-refractivity contribution in [2.45, 2.75) is 26.3 Å². The lowest BCUT2D eigenvalue weighted by molar-refractivity contribution is -0.131. The van der Waals surface area contributed by atoms with Crippen molar-refractivity contribution in [3.05, 3.63) is 59.6 Å². The molecular weight excluding hydrogens is 392 g/mol. The highest BCUT2D eigenvalue weighted by Gasteiger charge is 2.25. The van der Waals surface area contributed by atoms with Crippen molar-refractivity contribution in [1.29, 1.82) is 5.26 Å². The first-order valence-electron chi connectivity index (χ1n) is 10.1. The summed E-state index contributed by atoms with van der Waals surface area (Å²) in [4.78, 5) is 26.0. The van der Waals surface area contributed by atoms with Crippen molar-refractivity contribution in [3.63, 3.8) is 0 Å². The fourth-order valence-electron chi connectivity index (χ4n) is 3.84. The minimum atomic E-state index is -0.171. The number of fused-ring (bicyclic) bond motifs is 2. The van der Waals surface area contributed by atoms with E-state index in [0.717, 1.165) is 33.5 Å². The number of hydrogen-bond donors (Lipinski definition) is 2. The molecule has 8 heteroatoms. The third-order valence-corrected chi connectivity index (χ3v) is 5.48. The Kier molecular flexibility index (Phi) is 4.64. The highest BCUT2D eigenvalue weighted by molar-refractivity contribution is 5.83. The number of nitrogens with one attached hydrogen (secondary N) is 2. The number of nitrogens with zero attached hydrogens (tertiary/aromatic N) is 4. The van der Waals surface area contributed by atoms with E-state index < -0.39 is 0 Å². The van der Waals surface area contributed by atoms with E-state index in [0.29, 0.717) is 36.9 Å². The summed E-state index contributed by atoms with van der Waals surface area (Å²) in [5.74, 6) is 1.72. The van der Waals surface area contributed by atoms with Gasteiger partial charge in [0.2, 0.25) is 11.9 Å². The molecule has 0 saturated carbocycles. The highest BCUT2D eigenvalue weighted by Crippen LogP contribution is 2.31. The van der Waals surface area contributed by atoms with Crippen LogP contribution in [0.15, 0.2) is 47.1 Å². The van der Waals surface area contributed by atoms with Gasteiger partial charge in [-0.3, -0.25) is 4.79 Å². The number of aromatic nitrogens is 3. The molecule has 0 spiro atoms. The van der Waals surface area contributed by atoms with E-state index in [1.165, 1.54) is 0 Å². The van der Waals surface area contributed by atoms with Crippen LogP contribution < -0.4 is 5.32 Å². The van der Waals surface area contributed by atoms with Crippen LogP contribution in [-0.4, -0.2) is 32.3 Å². The quantitative estimate of drug-likeness (QED) is 0.523. The van der Waals surface area contributed by atoms with Gasteiger partial charge in [0.15, 0.2) is 5.76 Å². The average Bonchev–Trinajstić information content (AvgIpc) is 3.41. The maximum atomic E-state index is 12.1. The van der Waals surface area contributed by atoms with Crippen LogP contribution in [0.2, 0.25) is 0 Å². The summed E-state index contributed by atoms with van der Waals surface area (Å²) in [5, 5.41) is 13.1. The Bertz CT molecular complexity index is 1330. The Morgan fingerprint density at radius 1 is 1.35 bits per heavy atom. The summed E-state index contributed by atoms with van der Waals surface area (Å²) in [6.07, 6.45) is 4.26. The highest BCUT2D eigenvalue weighted by atomic mass is 16.3. The second-order valence-electron chi connectivity index (χ2n) is 7.59. The van der Waals surface area contributed by atoms with Crippen molar-refractivity contribution in [1.82, 2.24) is 19.9 Å². The predicted molar refractivity (Wildman–Crippen MR) is 115 cm³/mol. The lowest BCUT2D eigenvalue weighted by Gasteiger charge is -2.25. The Morgan fingerprint density at radius 3 is 3.13 bits per heavy atom. The Hall–Kier alpha value is -4.12. The third kappa shape index (κ3) is 3.62. The standard InChI is InChI=1S/C23H20N6O2/c1-14-12-26-23(27-17-2-3-18-15(10-17)5-8-25-18)28-22(14)19-11-16-6-9-29(13-20(16)31-19)21(30)4-7-24/h2-3,5,8,10-12,25H,4,6,9,13H2,1H3,(H,26,27,28). The van der Waals surface area contributed by atoms with Gasteiger partial charge < -0.3 is 19.6 Å². The Morgan fingerprint density at radius 2 is 2.26 bits per heavy atom. The minimum absolute atomic E-state index is 0.114. The number of anilines is 2. The monoisotopic (exact) mass is 412 g/mol. The molecule has 0 saturated heterocycles. The largest absolute Gasteiger partial charge is 0.457 e. The van der Waals surface area contributed by atoms with Gasteiger partial charge in [0.25, 0.3) is 0 Å². The molecule has 0 fully saturated rings. The minimum Gasteiger partial charge on any atom is -0.457 e. The first kappa shape index (κ1) is 18.9. The smallest absolute Gasteiger partial charge is 0.237 e. The zero-order chi connectivity index (χ0) is 21.4. The van der Waals surface area contributed by atoms with Gasteiger partial charge in [-0.1, -0.05) is 0 Å². The first-order chi connectivity index (χ1) is 15.1. The van der Waals surface area contributed by atoms with E-state index in [1.54, 1.807) is 11.1 Å². The molecule has 8 nitrogen and oxygen atoms in total. The van der Waals surface area contributed by atoms with Crippen LogP contribution >= 0.6 is 0 Å². The number of H-pyrrole nitrogens is 1. The van der Waals surface area contributed by atoms with Crippen LogP contribution in [0.3, 0.4) is 0 Å². The molecule has 31 heavy (non-hydrogen) atoms. The van der Waals surface area contributed by atoms with Gasteiger partial charge in [0.1, 0.15) is 17.9 Å². The van der Waals surface area contributed by atoms with E-state index in [-0.39, 0.29) is 12.3 Å². The maximum Gasteiger partial charge on any atom is 0.237 e. The van der Waals surface area contributed by atoms with Gasteiger partial charge in [-0.15, -0.1) is 0 Å². The van der Waals surface area contributed by atoms with Crippen molar-refractivity contribution >= 4 is 28.4 Å². The van der Waals surface area contributed by atoms with Crippen molar-refractivity contribution in [3.8, 4) is 17.5 Å². The second kappa shape index (κ2) is 7.61. The molecule has 1 aliphatic heterocycles. The molecule has 4 heterocycles. The summed E-state index contributed by atoms with van der Waals surface area (Å²) in [7, 11) is 0. The maximum absolute atomic E-state index is 12.1. The lowest BCUT2D eigenvalue weighted by atomic mass is 10.1. The molecule has 1 aromatic carbocycles. The summed E-state index contributed by atoms with van der Waals surface area (Å²) < 4.78 is 6.08. The number of carbonyl (C=O) groups is 1. The molecule has 0 atom stereocenters. The number of benzene rings is 1. The number of amides is 1. The van der Waals surface area contributed by atoms with E-state index in [9.17, 15) is 4.79 Å². The summed E-state index contributed by atoms with van der Waals surface area (Å²) >= 11 is 0. The van der Waals surface area contributed by atoms with E-state index >= 15 is 0 Å². The number of hydrogen-bond acceptors (Lipinski definition) is 6. The van der Waals surface area contributed by atoms with Crippen LogP contribution in [0, 0.1) is 18.3 Å². The van der Waals surface area contributed by atoms with Crippen LogP contribution in [0.25, 0.3) is 22.4 Å². The predicted octanol–water partition coefficient (Wildman–Crippen LogP) is 4.07. The number of nitriles is 1. The van der Waals surface area contributed by atoms with Crippen molar-refractivity contribution < 1.29 is 9.21 Å². The van der Waals surface area contributed by atoms with Crippen molar-refractivity contribution in [2.24, 2.45) is 0 Å². The summed E-state index contributed by atoms with van der Waals surface area (Å²) in [5.41, 5.74) is 4.65. The molecule has 0 radical (unpaired) electrons. The fraction of sp³-hybridized carbons (Fsp3) is 0.217. The van der Waals surface area contributed by atoms with E-state index in [1.807, 2.05) is 49.5 Å². The molecule has 2 N–H and O–H groups in total. The summed E-state index contributed by atoms with van der Waals surface area (Å²) in [6, 6.07) is 11.9. The molecule has 4 aromatic rings. The number of carbonyl (C=O) groups excluding carboxylic acids is 1. The second-order valence-corrected chi connectivity index (χ2v) is 7.59. The average molecular weight is 412 g/mol. The number of rotatable bonds is 4. The van der Waals surface area contributed by atoms with E-state index in [2.05, 4.69) is 20.3 Å². The zero-order valence-corrected chi connectivity index (χ0v) is 17.0. The Labute approximate surface area is 178 Å².